The van der Waals surface area contributed by atoms with Gasteiger partial charge in [-0.15, -0.1) is 0 Å². The number of carbonyl (C=O) groups is 1. The minimum atomic E-state index is -4.73. The van der Waals surface area contributed by atoms with E-state index in [9.17, 15) is 35.5 Å². The van der Waals surface area contributed by atoms with Crippen LogP contribution in [0.15, 0.2) is 24.3 Å². The maximum Gasteiger partial charge on any atom is 0.416 e. The number of amides is 1. The Bertz CT molecular complexity index is 600. The Morgan fingerprint density at radius 2 is 1.56 bits per heavy atom. The van der Waals surface area contributed by atoms with Crippen molar-refractivity contribution >= 4 is 5.91 Å². The highest BCUT2D eigenvalue weighted by molar-refractivity contribution is 5.83. The summed E-state index contributed by atoms with van der Waals surface area (Å²) < 4.78 is 91.0. The molecular weight excluding hydrogens is 355 g/mol. The van der Waals surface area contributed by atoms with Crippen LogP contribution in [0.4, 0.5) is 30.7 Å². The number of carbonyl (C=O) groups excluding carboxylic acids is 1. The molecule has 1 atom stereocenters. The molecule has 1 aliphatic carbocycles. The van der Waals surface area contributed by atoms with Crippen LogP contribution < -0.4 is 5.32 Å². The lowest BCUT2D eigenvalue weighted by atomic mass is 9.84. The Kier molecular flexibility index (Phi) is 5.34. The molecule has 1 aliphatic rings. The first-order valence-electron chi connectivity index (χ1n) is 7.64. The normalized spacial score (nSPS) is 18.8. The molecule has 0 radical (unpaired) electrons. The van der Waals surface area contributed by atoms with Crippen LogP contribution in [-0.4, -0.2) is 18.6 Å². The maximum absolute atomic E-state index is 14.1. The molecule has 0 bridgehead atoms. The molecule has 0 heterocycles. The average Bonchev–Trinajstić information content (AvgIpc) is 3.02. The maximum atomic E-state index is 14.1. The molecule has 1 aromatic carbocycles. The van der Waals surface area contributed by atoms with Gasteiger partial charge in [0, 0.05) is 0 Å². The van der Waals surface area contributed by atoms with E-state index in [0.29, 0.717) is 12.1 Å². The zero-order chi connectivity index (χ0) is 18.9. The third-order valence-corrected chi connectivity index (χ3v) is 4.48. The summed E-state index contributed by atoms with van der Waals surface area (Å²) in [5, 5.41) is 1.96. The first-order chi connectivity index (χ1) is 11.5. The lowest BCUT2D eigenvalue weighted by Gasteiger charge is -2.30. The van der Waals surface area contributed by atoms with E-state index in [1.54, 1.807) is 0 Å². The number of benzene rings is 1. The number of nitrogens with one attached hydrogen (secondary N) is 1. The summed E-state index contributed by atoms with van der Waals surface area (Å²) in [5.74, 6) is -1.29. The number of alkyl halides is 7. The summed E-state index contributed by atoms with van der Waals surface area (Å²) in [6.45, 7) is -0.734. The molecule has 1 aromatic rings. The number of rotatable bonds is 4. The molecule has 1 unspecified atom stereocenters. The van der Waals surface area contributed by atoms with Crippen LogP contribution in [0.25, 0.3) is 0 Å². The molecule has 1 fully saturated rings. The first kappa shape index (κ1) is 19.5. The monoisotopic (exact) mass is 371 g/mol. The molecule has 1 saturated carbocycles. The fourth-order valence-electron chi connectivity index (χ4n) is 2.97. The van der Waals surface area contributed by atoms with Gasteiger partial charge in [0.2, 0.25) is 5.91 Å². The van der Waals surface area contributed by atoms with Crippen LogP contribution in [0.5, 0.6) is 0 Å². The van der Waals surface area contributed by atoms with Crippen molar-refractivity contribution in [1.29, 1.82) is 0 Å². The van der Waals surface area contributed by atoms with Crippen molar-refractivity contribution in [1.82, 2.24) is 5.32 Å². The Hall–Kier alpha value is -1.80. The van der Waals surface area contributed by atoms with Gasteiger partial charge < -0.3 is 5.32 Å². The van der Waals surface area contributed by atoms with Crippen LogP contribution in [0, 0.1) is 5.41 Å². The lowest BCUT2D eigenvalue weighted by molar-refractivity contribution is -0.220. The molecule has 2 rings (SSSR count). The fraction of sp³-hybridized carbons (Fsp3) is 0.562. The molecule has 1 amide bonds. The Labute approximate surface area is 139 Å². The molecular formula is C16H16F7NO. The zero-order valence-corrected chi connectivity index (χ0v) is 13.0. The van der Waals surface area contributed by atoms with Crippen molar-refractivity contribution in [2.75, 3.05) is 6.54 Å². The molecule has 0 spiro atoms. The smallest absolute Gasteiger partial charge is 0.352 e. The second-order valence-corrected chi connectivity index (χ2v) is 6.08. The average molecular weight is 371 g/mol. The summed E-state index contributed by atoms with van der Waals surface area (Å²) in [4.78, 5) is 12.0. The minimum Gasteiger partial charge on any atom is -0.352 e. The molecule has 25 heavy (non-hydrogen) atoms. The van der Waals surface area contributed by atoms with Crippen molar-refractivity contribution in [3.63, 3.8) is 0 Å². The Balaban J connectivity index is 2.01. The highest BCUT2D eigenvalue weighted by Crippen LogP contribution is 2.50. The fourth-order valence-corrected chi connectivity index (χ4v) is 2.97. The van der Waals surface area contributed by atoms with Gasteiger partial charge in [0.15, 0.2) is 0 Å². The van der Waals surface area contributed by atoms with Gasteiger partial charge in [-0.25, -0.2) is 4.39 Å². The number of hydrogen-bond donors (Lipinski definition) is 1. The van der Waals surface area contributed by atoms with Crippen LogP contribution in [0.2, 0.25) is 0 Å². The standard InChI is InChI=1S/C16H16F7NO/c17-12(10-3-5-11(6-4-10)15(18,19)20)9-24-13(25)14(16(21,22)23)7-1-2-8-14/h3-6,12H,1-2,7-9H2,(H,24,25). The van der Waals surface area contributed by atoms with E-state index in [4.69, 9.17) is 0 Å². The first-order valence-corrected chi connectivity index (χ1v) is 7.64. The van der Waals surface area contributed by atoms with Gasteiger partial charge in [0.05, 0.1) is 12.1 Å². The van der Waals surface area contributed by atoms with Gasteiger partial charge in [-0.2, -0.15) is 26.3 Å². The summed E-state index contributed by atoms with van der Waals surface area (Å²) in [6, 6.07) is 3.15. The number of hydrogen-bond acceptors (Lipinski definition) is 1. The lowest BCUT2D eigenvalue weighted by Crippen LogP contribution is -2.49. The van der Waals surface area contributed by atoms with E-state index in [1.807, 2.05) is 5.32 Å². The molecule has 0 aromatic heterocycles. The predicted molar refractivity (Wildman–Crippen MR) is 75.3 cm³/mol. The van der Waals surface area contributed by atoms with Crippen molar-refractivity contribution in [3.05, 3.63) is 35.4 Å². The van der Waals surface area contributed by atoms with E-state index in [2.05, 4.69) is 0 Å². The Morgan fingerprint density at radius 3 is 2.00 bits per heavy atom. The van der Waals surface area contributed by atoms with E-state index in [-0.39, 0.29) is 31.2 Å². The second kappa shape index (κ2) is 6.84. The molecule has 0 saturated heterocycles. The van der Waals surface area contributed by atoms with E-state index >= 15 is 0 Å². The van der Waals surface area contributed by atoms with Gasteiger partial charge in [-0.3, -0.25) is 4.79 Å². The van der Waals surface area contributed by atoms with E-state index < -0.39 is 42.0 Å². The number of halogens is 7. The van der Waals surface area contributed by atoms with Crippen molar-refractivity contribution in [2.24, 2.45) is 5.41 Å². The van der Waals surface area contributed by atoms with E-state index in [1.165, 1.54) is 0 Å². The van der Waals surface area contributed by atoms with Gasteiger partial charge in [-0.1, -0.05) is 25.0 Å². The quantitative estimate of drug-likeness (QED) is 0.745. The third-order valence-electron chi connectivity index (χ3n) is 4.48. The molecule has 1 N–H and O–H groups in total. The van der Waals surface area contributed by atoms with Crippen LogP contribution in [0.3, 0.4) is 0 Å². The van der Waals surface area contributed by atoms with Gasteiger partial charge in [-0.05, 0) is 30.5 Å². The van der Waals surface area contributed by atoms with Crippen LogP contribution in [-0.2, 0) is 11.0 Å². The van der Waals surface area contributed by atoms with Crippen LogP contribution in [0.1, 0.15) is 43.0 Å². The highest BCUT2D eigenvalue weighted by Gasteiger charge is 2.60. The summed E-state index contributed by atoms with van der Waals surface area (Å²) in [6.07, 6.45) is -11.4. The van der Waals surface area contributed by atoms with Gasteiger partial charge in [0.25, 0.3) is 0 Å². The molecule has 9 heteroatoms. The van der Waals surface area contributed by atoms with Crippen molar-refractivity contribution in [3.8, 4) is 0 Å². The van der Waals surface area contributed by atoms with Crippen LogP contribution >= 0.6 is 0 Å². The second-order valence-electron chi connectivity index (χ2n) is 6.08. The van der Waals surface area contributed by atoms with Crippen molar-refractivity contribution < 1.29 is 35.5 Å². The summed E-state index contributed by atoms with van der Waals surface area (Å²) in [5.41, 5.74) is -3.62. The largest absolute Gasteiger partial charge is 0.416 e. The highest BCUT2D eigenvalue weighted by atomic mass is 19.4. The third kappa shape index (κ3) is 4.07. The molecule has 0 aliphatic heterocycles. The SMILES string of the molecule is O=C(NCC(F)c1ccc(C(F)(F)F)cc1)C1(C(F)(F)F)CCCC1. The predicted octanol–water partition coefficient (Wildman–Crippen LogP) is 4.95. The van der Waals surface area contributed by atoms with Crippen molar-refractivity contribution in [2.45, 2.75) is 44.2 Å². The van der Waals surface area contributed by atoms with Gasteiger partial charge in [0.1, 0.15) is 11.6 Å². The summed E-state index contributed by atoms with van der Waals surface area (Å²) in [7, 11) is 0. The minimum absolute atomic E-state index is 0.152. The summed E-state index contributed by atoms with van der Waals surface area (Å²) >= 11 is 0. The Morgan fingerprint density at radius 1 is 1.04 bits per heavy atom. The zero-order valence-electron chi connectivity index (χ0n) is 13.0. The molecule has 140 valence electrons. The topological polar surface area (TPSA) is 29.1 Å². The molecule has 2 nitrogen and oxygen atoms in total. The van der Waals surface area contributed by atoms with E-state index in [0.717, 1.165) is 12.1 Å². The van der Waals surface area contributed by atoms with Gasteiger partial charge >= 0.3 is 12.4 Å².